The number of hydrogen-bond donors (Lipinski definition) is 2. The van der Waals surface area contributed by atoms with E-state index in [1.165, 1.54) is 17.2 Å². The van der Waals surface area contributed by atoms with Crippen molar-refractivity contribution in [1.82, 2.24) is 10.6 Å². The van der Waals surface area contributed by atoms with Crippen LogP contribution in [0.25, 0.3) is 0 Å². The lowest BCUT2D eigenvalue weighted by Crippen LogP contribution is -2.49. The molecule has 35 heavy (non-hydrogen) atoms. The van der Waals surface area contributed by atoms with E-state index in [-0.39, 0.29) is 24.3 Å². The van der Waals surface area contributed by atoms with E-state index >= 15 is 0 Å². The first-order valence-electron chi connectivity index (χ1n) is 11.7. The highest BCUT2D eigenvalue weighted by molar-refractivity contribution is 6.04. The summed E-state index contributed by atoms with van der Waals surface area (Å²) in [6.45, 7) is -0.314. The molecule has 3 aromatic rings. The third kappa shape index (κ3) is 5.90. The molecule has 2 aromatic carbocycles. The summed E-state index contributed by atoms with van der Waals surface area (Å²) in [5.74, 6) is -0.546. The smallest absolute Gasteiger partial charge is 0.287 e. The van der Waals surface area contributed by atoms with Gasteiger partial charge in [-0.15, -0.1) is 0 Å². The molecule has 1 aromatic heterocycles. The summed E-state index contributed by atoms with van der Waals surface area (Å²) in [7, 11) is 1.55. The molecule has 0 saturated heterocycles. The Labute approximate surface area is 204 Å². The molecule has 0 spiro atoms. The molecular formula is C27H29N3O5. The molecule has 4 rings (SSSR count). The first kappa shape index (κ1) is 24.1. The number of carbonyl (C=O) groups is 3. The number of para-hydroxylation sites is 1. The van der Waals surface area contributed by atoms with Crippen molar-refractivity contribution >= 4 is 23.4 Å². The molecule has 1 atom stereocenters. The van der Waals surface area contributed by atoms with Gasteiger partial charge in [0.2, 0.25) is 11.8 Å². The first-order valence-corrected chi connectivity index (χ1v) is 11.7. The average molecular weight is 476 g/mol. The number of methoxy groups -OCH3 is 1. The Hall–Kier alpha value is -4.07. The van der Waals surface area contributed by atoms with Crippen LogP contribution in [-0.4, -0.2) is 37.4 Å². The van der Waals surface area contributed by atoms with E-state index in [9.17, 15) is 14.4 Å². The van der Waals surface area contributed by atoms with Gasteiger partial charge in [-0.25, -0.2) is 0 Å². The predicted octanol–water partition coefficient (Wildman–Crippen LogP) is 3.85. The second-order valence-corrected chi connectivity index (χ2v) is 8.43. The highest BCUT2D eigenvalue weighted by Gasteiger charge is 2.34. The van der Waals surface area contributed by atoms with Gasteiger partial charge in [0, 0.05) is 11.7 Å². The zero-order valence-corrected chi connectivity index (χ0v) is 19.6. The van der Waals surface area contributed by atoms with Gasteiger partial charge in [-0.1, -0.05) is 43.2 Å². The van der Waals surface area contributed by atoms with Crippen molar-refractivity contribution < 1.29 is 23.5 Å². The fourth-order valence-corrected chi connectivity index (χ4v) is 4.34. The molecule has 182 valence electrons. The molecule has 2 N–H and O–H groups in total. The van der Waals surface area contributed by atoms with Crippen molar-refractivity contribution in [2.24, 2.45) is 0 Å². The van der Waals surface area contributed by atoms with Crippen LogP contribution in [0, 0.1) is 0 Å². The Bertz CT molecular complexity index is 1140. The van der Waals surface area contributed by atoms with Crippen LogP contribution in [0.2, 0.25) is 0 Å². The molecule has 1 heterocycles. The van der Waals surface area contributed by atoms with Crippen molar-refractivity contribution in [3.63, 3.8) is 0 Å². The summed E-state index contributed by atoms with van der Waals surface area (Å²) in [6, 6.07) is 18.3. The minimum atomic E-state index is -0.957. The summed E-state index contributed by atoms with van der Waals surface area (Å²) in [6.07, 6.45) is 5.34. The third-order valence-corrected chi connectivity index (χ3v) is 6.07. The summed E-state index contributed by atoms with van der Waals surface area (Å²) in [5.41, 5.74) is 1.15. The van der Waals surface area contributed by atoms with E-state index in [1.807, 2.05) is 6.07 Å². The Morgan fingerprint density at radius 2 is 1.80 bits per heavy atom. The number of amides is 3. The van der Waals surface area contributed by atoms with Gasteiger partial charge < -0.3 is 19.8 Å². The van der Waals surface area contributed by atoms with E-state index in [0.717, 1.165) is 25.7 Å². The first-order chi connectivity index (χ1) is 17.1. The number of hydrogen-bond acceptors (Lipinski definition) is 5. The molecule has 0 aliphatic heterocycles. The van der Waals surface area contributed by atoms with Gasteiger partial charge in [0.25, 0.3) is 5.91 Å². The van der Waals surface area contributed by atoms with Crippen molar-refractivity contribution in [2.75, 3.05) is 18.6 Å². The number of nitrogens with zero attached hydrogens (tertiary/aromatic N) is 1. The summed E-state index contributed by atoms with van der Waals surface area (Å²) in [5, 5.41) is 5.73. The number of carbonyl (C=O) groups excluding carboxylic acids is 3. The Morgan fingerprint density at radius 3 is 2.49 bits per heavy atom. The fourth-order valence-electron chi connectivity index (χ4n) is 4.34. The maximum Gasteiger partial charge on any atom is 0.287 e. The minimum Gasteiger partial charge on any atom is -0.497 e. The minimum absolute atomic E-state index is 0.0713. The molecule has 0 bridgehead atoms. The number of anilines is 1. The third-order valence-electron chi connectivity index (χ3n) is 6.07. The molecule has 1 aliphatic rings. The predicted molar refractivity (Wildman–Crippen MR) is 131 cm³/mol. The number of ether oxygens (including phenoxy) is 1. The number of rotatable bonds is 9. The zero-order chi connectivity index (χ0) is 24.6. The zero-order valence-electron chi connectivity index (χ0n) is 19.6. The van der Waals surface area contributed by atoms with Crippen LogP contribution in [0.3, 0.4) is 0 Å². The van der Waals surface area contributed by atoms with E-state index in [2.05, 4.69) is 10.6 Å². The molecule has 1 saturated carbocycles. The second-order valence-electron chi connectivity index (χ2n) is 8.43. The van der Waals surface area contributed by atoms with Gasteiger partial charge in [-0.3, -0.25) is 19.3 Å². The summed E-state index contributed by atoms with van der Waals surface area (Å²) < 4.78 is 10.5. The van der Waals surface area contributed by atoms with E-state index in [1.54, 1.807) is 61.7 Å². The van der Waals surface area contributed by atoms with Crippen LogP contribution < -0.4 is 20.3 Å². The quantitative estimate of drug-likeness (QED) is 0.490. The molecular weight excluding hydrogens is 446 g/mol. The van der Waals surface area contributed by atoms with Crippen molar-refractivity contribution in [3.05, 3.63) is 84.3 Å². The molecule has 0 unspecified atom stereocenters. The van der Waals surface area contributed by atoms with Crippen molar-refractivity contribution in [1.29, 1.82) is 0 Å². The van der Waals surface area contributed by atoms with Gasteiger partial charge in [0.1, 0.15) is 11.8 Å². The van der Waals surface area contributed by atoms with Crippen molar-refractivity contribution in [3.8, 4) is 5.75 Å². The lowest BCUT2D eigenvalue weighted by Gasteiger charge is -2.32. The Kier molecular flexibility index (Phi) is 7.82. The maximum atomic E-state index is 13.7. The van der Waals surface area contributed by atoms with E-state index in [0.29, 0.717) is 17.0 Å². The highest BCUT2D eigenvalue weighted by Crippen LogP contribution is 2.31. The SMILES string of the molecule is COc1cccc([C@@H](C(=O)NC2CCCC2)N(C(=O)CNC(=O)c2ccco2)c2ccccc2)c1. The van der Waals surface area contributed by atoms with E-state index < -0.39 is 17.9 Å². The average Bonchev–Trinajstić information content (AvgIpc) is 3.61. The second kappa shape index (κ2) is 11.4. The molecule has 1 aliphatic carbocycles. The van der Waals surface area contributed by atoms with Gasteiger partial charge in [-0.05, 0) is 54.8 Å². The van der Waals surface area contributed by atoms with Crippen LogP contribution in [0.5, 0.6) is 5.75 Å². The molecule has 0 radical (unpaired) electrons. The normalized spacial score (nSPS) is 14.2. The largest absolute Gasteiger partial charge is 0.497 e. The summed E-state index contributed by atoms with van der Waals surface area (Å²) in [4.78, 5) is 41.1. The van der Waals surface area contributed by atoms with Crippen LogP contribution in [0.1, 0.15) is 47.8 Å². The lowest BCUT2D eigenvalue weighted by molar-refractivity contribution is -0.126. The van der Waals surface area contributed by atoms with Gasteiger partial charge >= 0.3 is 0 Å². The fraction of sp³-hybridized carbons (Fsp3) is 0.296. The Balaban J connectivity index is 1.68. The van der Waals surface area contributed by atoms with E-state index in [4.69, 9.17) is 9.15 Å². The van der Waals surface area contributed by atoms with Gasteiger partial charge in [-0.2, -0.15) is 0 Å². The Morgan fingerprint density at radius 1 is 1.03 bits per heavy atom. The topological polar surface area (TPSA) is 101 Å². The van der Waals surface area contributed by atoms with Crippen LogP contribution in [0.15, 0.2) is 77.4 Å². The molecule has 1 fully saturated rings. The van der Waals surface area contributed by atoms with Crippen molar-refractivity contribution in [2.45, 2.75) is 37.8 Å². The highest BCUT2D eigenvalue weighted by atomic mass is 16.5. The standard InChI is InChI=1S/C27H29N3O5/c1-34-22-14-7-9-19(17-22)25(27(33)29-20-10-5-6-11-20)30(21-12-3-2-4-13-21)24(31)18-28-26(32)23-15-8-16-35-23/h2-4,7-9,12-17,20,25H,5-6,10-11,18H2,1H3,(H,28,32)(H,29,33)/t25-/m0/s1. The lowest BCUT2D eigenvalue weighted by atomic mass is 10.0. The van der Waals surface area contributed by atoms with Crippen LogP contribution in [-0.2, 0) is 9.59 Å². The monoisotopic (exact) mass is 475 g/mol. The van der Waals surface area contributed by atoms with Crippen LogP contribution >= 0.6 is 0 Å². The van der Waals surface area contributed by atoms with Crippen LogP contribution in [0.4, 0.5) is 5.69 Å². The van der Waals surface area contributed by atoms with Gasteiger partial charge in [0.05, 0.1) is 19.9 Å². The number of nitrogens with one attached hydrogen (secondary N) is 2. The number of furan rings is 1. The maximum absolute atomic E-state index is 13.7. The summed E-state index contributed by atoms with van der Waals surface area (Å²) >= 11 is 0. The molecule has 3 amide bonds. The molecule has 8 nitrogen and oxygen atoms in total. The number of benzene rings is 2. The van der Waals surface area contributed by atoms with Gasteiger partial charge in [0.15, 0.2) is 5.76 Å². The molecule has 8 heteroatoms.